The molecule has 0 aromatic heterocycles. The molecule has 0 bridgehead atoms. The lowest BCUT2D eigenvalue weighted by Crippen LogP contribution is -2.26. The fraction of sp³-hybridized carbons (Fsp3) is 0.304. The van der Waals surface area contributed by atoms with E-state index in [1.807, 2.05) is 12.2 Å². The molecular weight excluding hydrogens is 367 g/mol. The Morgan fingerprint density at radius 2 is 1.44 bits per heavy atom. The second kappa shape index (κ2) is 7.78. The van der Waals surface area contributed by atoms with Crippen LogP contribution in [0.25, 0.3) is 11.1 Å². The van der Waals surface area contributed by atoms with Crippen molar-refractivity contribution in [2.45, 2.75) is 43.9 Å². The van der Waals surface area contributed by atoms with E-state index in [4.69, 9.17) is 0 Å². The molecule has 0 saturated heterocycles. The van der Waals surface area contributed by atoms with Gasteiger partial charge in [0.15, 0.2) is 0 Å². The van der Waals surface area contributed by atoms with Crippen LogP contribution in [0.3, 0.4) is 0 Å². The van der Waals surface area contributed by atoms with Gasteiger partial charge in [0.25, 0.3) is 0 Å². The van der Waals surface area contributed by atoms with E-state index in [2.05, 4.69) is 73.3 Å². The molecule has 3 rings (SSSR count). The van der Waals surface area contributed by atoms with Crippen LogP contribution in [0.1, 0.15) is 49.7 Å². The van der Waals surface area contributed by atoms with Crippen LogP contribution < -0.4 is 5.46 Å². The highest BCUT2D eigenvalue weighted by Gasteiger charge is 2.42. The second-order valence-electron chi connectivity index (χ2n) is 7.18. The molecule has 2 heteroatoms. The Balaban J connectivity index is 2.16. The smallest absolute Gasteiger partial charge is 0.103 e. The van der Waals surface area contributed by atoms with Crippen molar-refractivity contribution in [3.8, 4) is 11.1 Å². The van der Waals surface area contributed by atoms with E-state index < -0.39 is 0 Å². The first kappa shape index (κ1) is 18.3. The summed E-state index contributed by atoms with van der Waals surface area (Å²) in [6.07, 6.45) is 11.0. The molecule has 1 aliphatic carbocycles. The maximum Gasteiger partial charge on any atom is 0.139 e. The van der Waals surface area contributed by atoms with E-state index in [1.165, 1.54) is 57.9 Å². The average molecular weight is 393 g/mol. The zero-order valence-electron chi connectivity index (χ0n) is 15.2. The SMILES string of the molecule is Bc1ccc2c(c1)C(CCCC=C)(CCCC=C)c1cc(Br)ccc1-2. The fourth-order valence-corrected chi connectivity index (χ4v) is 4.70. The monoisotopic (exact) mass is 392 g/mol. The van der Waals surface area contributed by atoms with Crippen molar-refractivity contribution in [3.63, 3.8) is 0 Å². The molecule has 0 atom stereocenters. The molecule has 0 heterocycles. The first-order chi connectivity index (χ1) is 12.1. The van der Waals surface area contributed by atoms with Crippen molar-refractivity contribution in [3.05, 3.63) is 77.3 Å². The minimum Gasteiger partial charge on any atom is -0.103 e. The highest BCUT2D eigenvalue weighted by molar-refractivity contribution is 9.10. The fourth-order valence-electron chi connectivity index (χ4n) is 4.34. The van der Waals surface area contributed by atoms with Crippen LogP contribution in [-0.2, 0) is 5.41 Å². The Morgan fingerprint density at radius 3 is 2.04 bits per heavy atom. The van der Waals surface area contributed by atoms with Gasteiger partial charge in [-0.1, -0.05) is 57.8 Å². The van der Waals surface area contributed by atoms with Crippen molar-refractivity contribution < 1.29 is 0 Å². The highest BCUT2D eigenvalue weighted by Crippen LogP contribution is 2.54. The lowest BCUT2D eigenvalue weighted by atomic mass is 9.70. The van der Waals surface area contributed by atoms with Gasteiger partial charge < -0.3 is 0 Å². The summed E-state index contributed by atoms with van der Waals surface area (Å²) in [5.41, 5.74) is 7.32. The summed E-state index contributed by atoms with van der Waals surface area (Å²) in [6, 6.07) is 13.8. The van der Waals surface area contributed by atoms with Crippen LogP contribution in [0.4, 0.5) is 0 Å². The Hall–Kier alpha value is -1.54. The number of allylic oxidation sites excluding steroid dienone is 2. The van der Waals surface area contributed by atoms with Crippen molar-refractivity contribution in [2.24, 2.45) is 0 Å². The first-order valence-corrected chi connectivity index (χ1v) is 10.0. The molecule has 2 aromatic rings. The lowest BCUT2D eigenvalue weighted by Gasteiger charge is -2.33. The third-order valence-corrected chi connectivity index (χ3v) is 5.99. The molecule has 0 amide bonds. The minimum absolute atomic E-state index is 0.118. The quantitative estimate of drug-likeness (QED) is 0.307. The van der Waals surface area contributed by atoms with E-state index in [0.717, 1.165) is 12.8 Å². The summed E-state index contributed by atoms with van der Waals surface area (Å²) in [6.45, 7) is 7.84. The Labute approximate surface area is 161 Å². The van der Waals surface area contributed by atoms with E-state index in [0.29, 0.717) is 0 Å². The van der Waals surface area contributed by atoms with Crippen molar-refractivity contribution in [2.75, 3.05) is 0 Å². The van der Waals surface area contributed by atoms with Crippen molar-refractivity contribution >= 4 is 29.2 Å². The third kappa shape index (κ3) is 3.42. The number of benzene rings is 2. The van der Waals surface area contributed by atoms with E-state index in [1.54, 1.807) is 0 Å². The number of rotatable bonds is 8. The number of fused-ring (bicyclic) bond motifs is 3. The van der Waals surface area contributed by atoms with Crippen molar-refractivity contribution in [1.29, 1.82) is 0 Å². The predicted octanol–water partition coefficient (Wildman–Crippen LogP) is 5.69. The van der Waals surface area contributed by atoms with Gasteiger partial charge in [-0.15, -0.1) is 13.2 Å². The standard InChI is InChI=1S/C23H26BBr/c1-3-5-7-13-23(14-8-6-4-2)21-15-17(24)9-11-19(21)20-12-10-18(25)16-22(20)23/h3-4,9-12,15-16H,1-2,5-8,13-14,24H2. The molecule has 2 aromatic carbocycles. The second-order valence-corrected chi connectivity index (χ2v) is 8.10. The van der Waals surface area contributed by atoms with Crippen LogP contribution in [0.5, 0.6) is 0 Å². The molecule has 0 N–H and O–H groups in total. The van der Waals surface area contributed by atoms with Gasteiger partial charge in [-0.2, -0.15) is 0 Å². The number of hydrogen-bond donors (Lipinski definition) is 0. The predicted molar refractivity (Wildman–Crippen MR) is 117 cm³/mol. The molecule has 25 heavy (non-hydrogen) atoms. The molecular formula is C23H26BBr. The van der Waals surface area contributed by atoms with Gasteiger partial charge in [0, 0.05) is 9.89 Å². The molecule has 0 nitrogen and oxygen atoms in total. The van der Waals surface area contributed by atoms with E-state index in [9.17, 15) is 0 Å². The largest absolute Gasteiger partial charge is 0.139 e. The average Bonchev–Trinajstić information content (AvgIpc) is 2.85. The van der Waals surface area contributed by atoms with Crippen LogP contribution in [0, 0.1) is 0 Å². The normalized spacial score (nSPS) is 14.0. The van der Waals surface area contributed by atoms with Gasteiger partial charge in [-0.3, -0.25) is 0 Å². The maximum atomic E-state index is 3.92. The van der Waals surface area contributed by atoms with Crippen LogP contribution in [0.15, 0.2) is 66.2 Å². The molecule has 0 fully saturated rings. The van der Waals surface area contributed by atoms with E-state index in [-0.39, 0.29) is 5.41 Å². The Bertz CT molecular complexity index is 723. The summed E-state index contributed by atoms with van der Waals surface area (Å²) in [4.78, 5) is 0. The van der Waals surface area contributed by atoms with Gasteiger partial charge in [0.1, 0.15) is 7.85 Å². The summed E-state index contributed by atoms with van der Waals surface area (Å²) < 4.78 is 1.17. The molecule has 1 aliphatic rings. The summed E-state index contributed by atoms with van der Waals surface area (Å²) in [5.74, 6) is 0. The molecule has 0 saturated carbocycles. The molecule has 128 valence electrons. The van der Waals surface area contributed by atoms with Gasteiger partial charge in [0.05, 0.1) is 0 Å². The molecule has 0 unspecified atom stereocenters. The Kier molecular flexibility index (Phi) is 5.69. The van der Waals surface area contributed by atoms with Crippen molar-refractivity contribution in [1.82, 2.24) is 0 Å². The van der Waals surface area contributed by atoms with Crippen LogP contribution >= 0.6 is 15.9 Å². The highest BCUT2D eigenvalue weighted by atomic mass is 79.9. The molecule has 0 aliphatic heterocycles. The Morgan fingerprint density at radius 1 is 0.880 bits per heavy atom. The molecule has 0 radical (unpaired) electrons. The summed E-state index contributed by atoms with van der Waals surface area (Å²) in [5, 5.41) is 0. The number of unbranched alkanes of at least 4 members (excludes halogenated alkanes) is 2. The minimum atomic E-state index is 0.118. The zero-order chi connectivity index (χ0) is 17.9. The van der Waals surface area contributed by atoms with Crippen LogP contribution in [0.2, 0.25) is 0 Å². The number of hydrogen-bond acceptors (Lipinski definition) is 0. The van der Waals surface area contributed by atoms with Gasteiger partial charge in [-0.25, -0.2) is 0 Å². The first-order valence-electron chi connectivity index (χ1n) is 9.26. The maximum absolute atomic E-state index is 3.92. The van der Waals surface area contributed by atoms with Gasteiger partial charge in [0.2, 0.25) is 0 Å². The van der Waals surface area contributed by atoms with Gasteiger partial charge in [-0.05, 0) is 72.9 Å². The van der Waals surface area contributed by atoms with Crippen LogP contribution in [-0.4, -0.2) is 7.85 Å². The lowest BCUT2D eigenvalue weighted by molar-refractivity contribution is 0.422. The summed E-state index contributed by atoms with van der Waals surface area (Å²) >= 11 is 3.71. The van der Waals surface area contributed by atoms with E-state index >= 15 is 0 Å². The molecule has 0 spiro atoms. The van der Waals surface area contributed by atoms with Gasteiger partial charge >= 0.3 is 0 Å². The summed E-state index contributed by atoms with van der Waals surface area (Å²) in [7, 11) is 2.21. The third-order valence-electron chi connectivity index (χ3n) is 5.50. The number of halogens is 1. The topological polar surface area (TPSA) is 0 Å². The zero-order valence-corrected chi connectivity index (χ0v) is 16.7.